The lowest BCUT2D eigenvalue weighted by Gasteiger charge is -2.18. The zero-order chi connectivity index (χ0) is 12.8. The number of aliphatic hydroxyl groups excluding tert-OH is 2. The molecule has 0 aromatic heterocycles. The van der Waals surface area contributed by atoms with Gasteiger partial charge in [0.1, 0.15) is 6.10 Å². The minimum Gasteiger partial charge on any atom is -0.390 e. The summed E-state index contributed by atoms with van der Waals surface area (Å²) < 4.78 is 0. The SMILES string of the molecule is CNCCC(O)C(O)c1cccc(C(N)=O)c1. The highest BCUT2D eigenvalue weighted by molar-refractivity contribution is 5.92. The summed E-state index contributed by atoms with van der Waals surface area (Å²) in [5.74, 6) is -0.552. The minimum absolute atomic E-state index is 0.322. The second kappa shape index (κ2) is 6.34. The number of nitrogens with two attached hydrogens (primary N) is 1. The second-order valence-corrected chi connectivity index (χ2v) is 3.89. The second-order valence-electron chi connectivity index (χ2n) is 3.89. The van der Waals surface area contributed by atoms with E-state index >= 15 is 0 Å². The number of benzene rings is 1. The molecular formula is C12H18N2O3. The largest absolute Gasteiger partial charge is 0.390 e. The lowest BCUT2D eigenvalue weighted by molar-refractivity contribution is 0.0140. The number of carbonyl (C=O) groups excluding carboxylic acids is 1. The Morgan fingerprint density at radius 3 is 2.76 bits per heavy atom. The monoisotopic (exact) mass is 238 g/mol. The predicted molar refractivity (Wildman–Crippen MR) is 64.5 cm³/mol. The molecule has 5 heteroatoms. The van der Waals surface area contributed by atoms with Crippen molar-refractivity contribution >= 4 is 5.91 Å². The quantitative estimate of drug-likeness (QED) is 0.551. The number of aliphatic hydroxyl groups is 2. The average molecular weight is 238 g/mol. The zero-order valence-electron chi connectivity index (χ0n) is 9.76. The topological polar surface area (TPSA) is 95.6 Å². The standard InChI is InChI=1S/C12H18N2O3/c1-14-6-5-10(15)11(16)8-3-2-4-9(7-8)12(13)17/h2-4,7,10-11,14-16H,5-6H2,1H3,(H2,13,17). The van der Waals surface area contributed by atoms with Crippen LogP contribution >= 0.6 is 0 Å². The highest BCUT2D eigenvalue weighted by atomic mass is 16.3. The van der Waals surface area contributed by atoms with Crippen molar-refractivity contribution in [1.29, 1.82) is 0 Å². The van der Waals surface area contributed by atoms with Gasteiger partial charge >= 0.3 is 0 Å². The number of carbonyl (C=O) groups is 1. The summed E-state index contributed by atoms with van der Waals surface area (Å²) in [7, 11) is 1.77. The molecule has 94 valence electrons. The summed E-state index contributed by atoms with van der Waals surface area (Å²) in [6.45, 7) is 0.605. The molecule has 0 radical (unpaired) electrons. The van der Waals surface area contributed by atoms with Crippen LogP contribution in [-0.4, -0.2) is 35.8 Å². The van der Waals surface area contributed by atoms with Gasteiger partial charge in [0.25, 0.3) is 0 Å². The predicted octanol–water partition coefficient (Wildman–Crippen LogP) is -0.211. The van der Waals surface area contributed by atoms with Crippen LogP contribution in [0.4, 0.5) is 0 Å². The van der Waals surface area contributed by atoms with E-state index < -0.39 is 18.1 Å². The fourth-order valence-electron chi connectivity index (χ4n) is 1.55. The van der Waals surface area contributed by atoms with E-state index in [9.17, 15) is 15.0 Å². The molecule has 2 unspecified atom stereocenters. The Labute approximate surface area is 100 Å². The van der Waals surface area contributed by atoms with Crippen molar-refractivity contribution in [1.82, 2.24) is 5.32 Å². The van der Waals surface area contributed by atoms with Crippen LogP contribution < -0.4 is 11.1 Å². The molecule has 1 aromatic rings. The molecule has 0 spiro atoms. The maximum Gasteiger partial charge on any atom is 0.248 e. The van der Waals surface area contributed by atoms with Crippen molar-refractivity contribution in [2.45, 2.75) is 18.6 Å². The molecule has 5 nitrogen and oxygen atoms in total. The third kappa shape index (κ3) is 3.81. The van der Waals surface area contributed by atoms with Gasteiger partial charge in [0, 0.05) is 5.56 Å². The van der Waals surface area contributed by atoms with Crippen LogP contribution in [0.5, 0.6) is 0 Å². The average Bonchev–Trinajstić information content (AvgIpc) is 2.35. The first-order valence-corrected chi connectivity index (χ1v) is 5.46. The Balaban J connectivity index is 2.77. The summed E-state index contributed by atoms with van der Waals surface area (Å²) in [4.78, 5) is 11.0. The number of nitrogens with one attached hydrogen (secondary N) is 1. The van der Waals surface area contributed by atoms with Gasteiger partial charge in [-0.05, 0) is 37.7 Å². The van der Waals surface area contributed by atoms with Gasteiger partial charge in [0.2, 0.25) is 5.91 Å². The number of rotatable bonds is 6. The highest BCUT2D eigenvalue weighted by Crippen LogP contribution is 2.19. The highest BCUT2D eigenvalue weighted by Gasteiger charge is 2.18. The third-order valence-electron chi connectivity index (χ3n) is 2.57. The molecule has 1 aromatic carbocycles. The molecule has 1 amide bonds. The summed E-state index contributed by atoms with van der Waals surface area (Å²) in [5, 5.41) is 22.5. The normalized spacial score (nSPS) is 14.3. The van der Waals surface area contributed by atoms with Crippen LogP contribution in [0.1, 0.15) is 28.4 Å². The maximum absolute atomic E-state index is 11.0. The van der Waals surface area contributed by atoms with Gasteiger partial charge in [-0.3, -0.25) is 4.79 Å². The fraction of sp³-hybridized carbons (Fsp3) is 0.417. The van der Waals surface area contributed by atoms with E-state index in [-0.39, 0.29) is 0 Å². The number of primary amides is 1. The minimum atomic E-state index is -1.01. The Kier molecular flexibility index (Phi) is 5.09. The van der Waals surface area contributed by atoms with Gasteiger partial charge in [0.05, 0.1) is 6.10 Å². The summed E-state index contributed by atoms with van der Waals surface area (Å²) in [5.41, 5.74) is 5.96. The molecule has 0 saturated carbocycles. The molecular weight excluding hydrogens is 220 g/mol. The van der Waals surface area contributed by atoms with Gasteiger partial charge < -0.3 is 21.3 Å². The Hall–Kier alpha value is -1.43. The van der Waals surface area contributed by atoms with Crippen LogP contribution in [0, 0.1) is 0 Å². The smallest absolute Gasteiger partial charge is 0.248 e. The van der Waals surface area contributed by atoms with Gasteiger partial charge in [-0.25, -0.2) is 0 Å². The number of hydrogen-bond donors (Lipinski definition) is 4. The van der Waals surface area contributed by atoms with Crippen molar-refractivity contribution < 1.29 is 15.0 Å². The number of hydrogen-bond acceptors (Lipinski definition) is 4. The molecule has 0 aliphatic carbocycles. The van der Waals surface area contributed by atoms with Crippen molar-refractivity contribution in [3.05, 3.63) is 35.4 Å². The molecule has 0 aliphatic rings. The first kappa shape index (κ1) is 13.6. The first-order valence-electron chi connectivity index (χ1n) is 5.46. The molecule has 0 aliphatic heterocycles. The van der Waals surface area contributed by atoms with Gasteiger partial charge in [0.15, 0.2) is 0 Å². The van der Waals surface area contributed by atoms with Crippen LogP contribution in [0.15, 0.2) is 24.3 Å². The molecule has 17 heavy (non-hydrogen) atoms. The summed E-state index contributed by atoms with van der Waals surface area (Å²) in [6.07, 6.45) is -1.45. The Morgan fingerprint density at radius 1 is 1.47 bits per heavy atom. The first-order chi connectivity index (χ1) is 8.06. The van der Waals surface area contributed by atoms with E-state index in [1.165, 1.54) is 6.07 Å². The van der Waals surface area contributed by atoms with Crippen molar-refractivity contribution in [2.75, 3.05) is 13.6 Å². The van der Waals surface area contributed by atoms with E-state index in [0.29, 0.717) is 24.1 Å². The molecule has 0 fully saturated rings. The van der Waals surface area contributed by atoms with Gasteiger partial charge in [-0.1, -0.05) is 12.1 Å². The lowest BCUT2D eigenvalue weighted by atomic mass is 10.00. The maximum atomic E-state index is 11.0. The van der Waals surface area contributed by atoms with E-state index in [2.05, 4.69) is 5.32 Å². The van der Waals surface area contributed by atoms with E-state index in [4.69, 9.17) is 5.73 Å². The van der Waals surface area contributed by atoms with Crippen molar-refractivity contribution in [2.24, 2.45) is 5.73 Å². The summed E-state index contributed by atoms with van der Waals surface area (Å²) in [6, 6.07) is 6.34. The molecule has 1 rings (SSSR count). The third-order valence-corrected chi connectivity index (χ3v) is 2.57. The Morgan fingerprint density at radius 2 is 2.18 bits per heavy atom. The molecule has 5 N–H and O–H groups in total. The zero-order valence-corrected chi connectivity index (χ0v) is 9.76. The Bertz CT molecular complexity index is 382. The lowest BCUT2D eigenvalue weighted by Crippen LogP contribution is -2.23. The van der Waals surface area contributed by atoms with E-state index in [0.717, 1.165) is 0 Å². The van der Waals surface area contributed by atoms with Crippen LogP contribution in [0.2, 0.25) is 0 Å². The van der Waals surface area contributed by atoms with Crippen LogP contribution in [-0.2, 0) is 0 Å². The van der Waals surface area contributed by atoms with Gasteiger partial charge in [-0.2, -0.15) is 0 Å². The van der Waals surface area contributed by atoms with Crippen LogP contribution in [0.25, 0.3) is 0 Å². The molecule has 0 bridgehead atoms. The fourth-order valence-corrected chi connectivity index (χ4v) is 1.55. The van der Waals surface area contributed by atoms with Crippen molar-refractivity contribution in [3.8, 4) is 0 Å². The molecule has 0 heterocycles. The molecule has 0 saturated heterocycles. The summed E-state index contributed by atoms with van der Waals surface area (Å²) >= 11 is 0. The van der Waals surface area contributed by atoms with Gasteiger partial charge in [-0.15, -0.1) is 0 Å². The molecule has 2 atom stereocenters. The number of amides is 1. The van der Waals surface area contributed by atoms with Crippen LogP contribution in [0.3, 0.4) is 0 Å². The van der Waals surface area contributed by atoms with Crippen molar-refractivity contribution in [3.63, 3.8) is 0 Å². The van der Waals surface area contributed by atoms with E-state index in [1.807, 2.05) is 0 Å². The van der Waals surface area contributed by atoms with E-state index in [1.54, 1.807) is 25.2 Å².